The van der Waals surface area contributed by atoms with E-state index in [0.717, 1.165) is 11.1 Å². The normalized spacial score (nSPS) is 12.4. The maximum absolute atomic E-state index is 11.8. The van der Waals surface area contributed by atoms with Gasteiger partial charge in [0, 0.05) is 19.7 Å². The van der Waals surface area contributed by atoms with E-state index < -0.39 is 0 Å². The van der Waals surface area contributed by atoms with Gasteiger partial charge in [0.15, 0.2) is 0 Å². The number of benzene rings is 1. The van der Waals surface area contributed by atoms with Crippen molar-refractivity contribution < 1.29 is 14.6 Å². The van der Waals surface area contributed by atoms with E-state index in [4.69, 9.17) is 9.84 Å². The molecule has 0 aromatic heterocycles. The Morgan fingerprint density at radius 2 is 1.95 bits per heavy atom. The van der Waals surface area contributed by atoms with Crippen LogP contribution in [0, 0.1) is 0 Å². The lowest BCUT2D eigenvalue weighted by Crippen LogP contribution is -2.40. The summed E-state index contributed by atoms with van der Waals surface area (Å²) in [5.41, 5.74) is 2.16. The van der Waals surface area contributed by atoms with Gasteiger partial charge in [-0.2, -0.15) is 0 Å². The minimum absolute atomic E-state index is 0.0194. The average molecular weight is 280 g/mol. The number of aliphatic hydroxyl groups is 1. The van der Waals surface area contributed by atoms with Gasteiger partial charge in [-0.3, -0.25) is 9.69 Å². The number of methoxy groups -OCH3 is 1. The molecule has 0 aliphatic heterocycles. The number of hydrogen-bond acceptors (Lipinski definition) is 4. The van der Waals surface area contributed by atoms with Crippen molar-refractivity contribution in [1.29, 1.82) is 0 Å². The number of carbonyl (C=O) groups is 1. The van der Waals surface area contributed by atoms with Crippen LogP contribution in [-0.2, 0) is 22.7 Å². The molecule has 0 saturated carbocycles. The fourth-order valence-corrected chi connectivity index (χ4v) is 1.70. The van der Waals surface area contributed by atoms with Crippen LogP contribution in [0.2, 0.25) is 0 Å². The van der Waals surface area contributed by atoms with Crippen molar-refractivity contribution in [1.82, 2.24) is 10.2 Å². The van der Waals surface area contributed by atoms with Gasteiger partial charge in [-0.1, -0.05) is 24.3 Å². The molecule has 0 radical (unpaired) electrons. The number of likely N-dealkylation sites (N-methyl/N-ethyl adjacent to an activating group) is 1. The summed E-state index contributed by atoms with van der Waals surface area (Å²) in [5.74, 6) is -0.0474. The first-order chi connectivity index (χ1) is 9.56. The molecule has 5 nitrogen and oxygen atoms in total. The lowest BCUT2D eigenvalue weighted by Gasteiger charge is -2.21. The quantitative estimate of drug-likeness (QED) is 0.738. The highest BCUT2D eigenvalue weighted by molar-refractivity contribution is 5.78. The maximum atomic E-state index is 11.8. The summed E-state index contributed by atoms with van der Waals surface area (Å²) in [6, 6.07) is 7.92. The summed E-state index contributed by atoms with van der Waals surface area (Å²) in [7, 11) is 3.48. The standard InChI is InChI=1S/C15H24N2O3/c1-12(10-18)17(2)9-15(19)16-8-13-4-6-14(7-5-13)11-20-3/h4-7,12,18H,8-11H2,1-3H3,(H,16,19). The van der Waals surface area contributed by atoms with Gasteiger partial charge in [0.1, 0.15) is 0 Å². The van der Waals surface area contributed by atoms with Gasteiger partial charge >= 0.3 is 0 Å². The molecule has 1 amide bonds. The van der Waals surface area contributed by atoms with Crippen molar-refractivity contribution in [3.05, 3.63) is 35.4 Å². The molecule has 5 heteroatoms. The molecule has 0 aliphatic rings. The van der Waals surface area contributed by atoms with Crippen LogP contribution >= 0.6 is 0 Å². The highest BCUT2D eigenvalue weighted by atomic mass is 16.5. The van der Waals surface area contributed by atoms with Crippen LogP contribution in [-0.4, -0.2) is 49.3 Å². The molecule has 2 N–H and O–H groups in total. The van der Waals surface area contributed by atoms with E-state index in [9.17, 15) is 4.79 Å². The topological polar surface area (TPSA) is 61.8 Å². The zero-order valence-corrected chi connectivity index (χ0v) is 12.4. The van der Waals surface area contributed by atoms with Crippen molar-refractivity contribution in [2.75, 3.05) is 27.3 Å². The van der Waals surface area contributed by atoms with Crippen LogP contribution in [0.1, 0.15) is 18.1 Å². The summed E-state index contributed by atoms with van der Waals surface area (Å²) in [6.07, 6.45) is 0. The monoisotopic (exact) mass is 280 g/mol. The fourth-order valence-electron chi connectivity index (χ4n) is 1.70. The van der Waals surface area contributed by atoms with Crippen molar-refractivity contribution in [3.63, 3.8) is 0 Å². The van der Waals surface area contributed by atoms with Gasteiger partial charge in [0.2, 0.25) is 5.91 Å². The summed E-state index contributed by atoms with van der Waals surface area (Å²) < 4.78 is 5.05. The van der Waals surface area contributed by atoms with Crippen LogP contribution in [0.3, 0.4) is 0 Å². The molecule has 20 heavy (non-hydrogen) atoms. The molecule has 1 aromatic carbocycles. The van der Waals surface area contributed by atoms with Gasteiger partial charge in [-0.15, -0.1) is 0 Å². The number of rotatable bonds is 8. The molecule has 0 bridgehead atoms. The number of nitrogens with one attached hydrogen (secondary N) is 1. The van der Waals surface area contributed by atoms with Gasteiger partial charge in [-0.05, 0) is 25.1 Å². The third-order valence-corrected chi connectivity index (χ3v) is 3.23. The third-order valence-electron chi connectivity index (χ3n) is 3.23. The Balaban J connectivity index is 2.37. The smallest absolute Gasteiger partial charge is 0.234 e. The molecule has 0 aliphatic carbocycles. The molecule has 1 aromatic rings. The van der Waals surface area contributed by atoms with E-state index in [1.807, 2.05) is 43.1 Å². The predicted octanol–water partition coefficient (Wildman–Crippen LogP) is 0.762. The molecule has 112 valence electrons. The number of carbonyl (C=O) groups excluding carboxylic acids is 1. The number of amides is 1. The SMILES string of the molecule is COCc1ccc(CNC(=O)CN(C)C(C)CO)cc1. The van der Waals surface area contributed by atoms with Crippen LogP contribution < -0.4 is 5.32 Å². The lowest BCUT2D eigenvalue weighted by molar-refractivity contribution is -0.122. The highest BCUT2D eigenvalue weighted by Gasteiger charge is 2.11. The number of hydrogen-bond donors (Lipinski definition) is 2. The van der Waals surface area contributed by atoms with Crippen molar-refractivity contribution >= 4 is 5.91 Å². The van der Waals surface area contributed by atoms with E-state index in [2.05, 4.69) is 5.32 Å². The minimum atomic E-state index is -0.0474. The van der Waals surface area contributed by atoms with Gasteiger partial charge in [-0.25, -0.2) is 0 Å². The summed E-state index contributed by atoms with van der Waals surface area (Å²) in [4.78, 5) is 13.6. The molecule has 0 heterocycles. The van der Waals surface area contributed by atoms with Gasteiger partial charge in [0.05, 0.1) is 19.8 Å². The molecule has 0 saturated heterocycles. The Morgan fingerprint density at radius 3 is 2.50 bits per heavy atom. The largest absolute Gasteiger partial charge is 0.395 e. The van der Waals surface area contributed by atoms with Crippen LogP contribution in [0.4, 0.5) is 0 Å². The number of aliphatic hydroxyl groups excluding tert-OH is 1. The van der Waals surface area contributed by atoms with E-state index >= 15 is 0 Å². The first kappa shape index (κ1) is 16.6. The number of ether oxygens (including phenoxy) is 1. The molecular weight excluding hydrogens is 256 g/mol. The second kappa shape index (κ2) is 8.68. The molecule has 0 fully saturated rings. The van der Waals surface area contributed by atoms with Gasteiger partial charge in [0.25, 0.3) is 0 Å². The van der Waals surface area contributed by atoms with E-state index in [1.54, 1.807) is 7.11 Å². The summed E-state index contributed by atoms with van der Waals surface area (Å²) in [6.45, 7) is 3.31. The van der Waals surface area contributed by atoms with Gasteiger partial charge < -0.3 is 15.2 Å². The summed E-state index contributed by atoms with van der Waals surface area (Å²) in [5, 5.41) is 11.9. The second-order valence-corrected chi connectivity index (χ2v) is 4.97. The fraction of sp³-hybridized carbons (Fsp3) is 0.533. The molecule has 0 spiro atoms. The average Bonchev–Trinajstić information content (AvgIpc) is 2.46. The Kier molecular flexibility index (Phi) is 7.22. The zero-order chi connectivity index (χ0) is 15.0. The van der Waals surface area contributed by atoms with E-state index in [-0.39, 0.29) is 25.1 Å². The lowest BCUT2D eigenvalue weighted by atomic mass is 10.1. The van der Waals surface area contributed by atoms with Crippen LogP contribution in [0.25, 0.3) is 0 Å². The van der Waals surface area contributed by atoms with E-state index in [0.29, 0.717) is 13.2 Å². The zero-order valence-electron chi connectivity index (χ0n) is 12.4. The van der Waals surface area contributed by atoms with Crippen molar-refractivity contribution in [3.8, 4) is 0 Å². The third kappa shape index (κ3) is 5.69. The minimum Gasteiger partial charge on any atom is -0.395 e. The Hall–Kier alpha value is -1.43. The molecule has 1 unspecified atom stereocenters. The predicted molar refractivity (Wildman–Crippen MR) is 78.2 cm³/mol. The Morgan fingerprint density at radius 1 is 1.35 bits per heavy atom. The Labute approximate surface area is 120 Å². The van der Waals surface area contributed by atoms with Crippen molar-refractivity contribution in [2.45, 2.75) is 26.1 Å². The molecule has 1 atom stereocenters. The molecule has 1 rings (SSSR count). The maximum Gasteiger partial charge on any atom is 0.234 e. The van der Waals surface area contributed by atoms with Crippen molar-refractivity contribution in [2.24, 2.45) is 0 Å². The number of nitrogens with zero attached hydrogens (tertiary/aromatic N) is 1. The first-order valence-corrected chi connectivity index (χ1v) is 6.71. The van der Waals surface area contributed by atoms with Crippen LogP contribution in [0.15, 0.2) is 24.3 Å². The molecular formula is C15H24N2O3. The highest BCUT2D eigenvalue weighted by Crippen LogP contribution is 2.05. The first-order valence-electron chi connectivity index (χ1n) is 6.71. The Bertz CT molecular complexity index is 406. The van der Waals surface area contributed by atoms with Crippen LogP contribution in [0.5, 0.6) is 0 Å². The second-order valence-electron chi connectivity index (χ2n) is 4.97. The van der Waals surface area contributed by atoms with E-state index in [1.165, 1.54) is 0 Å². The summed E-state index contributed by atoms with van der Waals surface area (Å²) >= 11 is 0.